The lowest BCUT2D eigenvalue weighted by Gasteiger charge is -2.05. The minimum absolute atomic E-state index is 0.0509. The Hall–Kier alpha value is -2.60. The number of nitrogens with zero attached hydrogens (tertiary/aromatic N) is 3. The van der Waals surface area contributed by atoms with Gasteiger partial charge in [-0.15, -0.1) is 11.3 Å². The third-order valence-electron chi connectivity index (χ3n) is 3.88. The lowest BCUT2D eigenvalue weighted by Crippen LogP contribution is -2.14. The molecule has 116 valence electrons. The number of carbonyl (C=O) groups excluding carboxylic acids is 1. The van der Waals surface area contributed by atoms with Crippen LogP contribution in [0.25, 0.3) is 15.9 Å². The minimum Gasteiger partial charge on any atom is -0.348 e. The molecule has 0 aliphatic rings. The van der Waals surface area contributed by atoms with Crippen LogP contribution in [-0.2, 0) is 17.8 Å². The van der Waals surface area contributed by atoms with E-state index in [1.807, 2.05) is 40.4 Å². The van der Waals surface area contributed by atoms with Crippen LogP contribution in [0.5, 0.6) is 0 Å². The smallest absolute Gasteiger partial charge is 0.230 e. The Morgan fingerprint density at radius 1 is 1.30 bits per heavy atom. The van der Waals surface area contributed by atoms with Crippen molar-refractivity contribution in [1.82, 2.24) is 14.0 Å². The molecule has 0 aliphatic heterocycles. The fourth-order valence-electron chi connectivity index (χ4n) is 2.78. The van der Waals surface area contributed by atoms with E-state index in [-0.39, 0.29) is 12.3 Å². The maximum absolute atomic E-state index is 12.2. The highest BCUT2D eigenvalue weighted by atomic mass is 32.1. The molecule has 0 radical (unpaired) electrons. The zero-order valence-electron chi connectivity index (χ0n) is 12.7. The SMILES string of the molecule is CCn1ccc2cc(NC(=O)Cc3cn4ccsc4n3)ccc21. The molecule has 1 amide bonds. The number of benzene rings is 1. The first kappa shape index (κ1) is 14.0. The molecule has 0 aliphatic carbocycles. The summed E-state index contributed by atoms with van der Waals surface area (Å²) in [5, 5.41) is 6.06. The van der Waals surface area contributed by atoms with Crippen molar-refractivity contribution in [3.8, 4) is 0 Å². The Morgan fingerprint density at radius 2 is 2.22 bits per heavy atom. The molecule has 0 fully saturated rings. The highest BCUT2D eigenvalue weighted by Gasteiger charge is 2.09. The second-order valence-electron chi connectivity index (χ2n) is 5.43. The quantitative estimate of drug-likeness (QED) is 0.624. The molecule has 4 rings (SSSR count). The van der Waals surface area contributed by atoms with E-state index in [4.69, 9.17) is 0 Å². The Morgan fingerprint density at radius 3 is 3.04 bits per heavy atom. The summed E-state index contributed by atoms with van der Waals surface area (Å²) >= 11 is 1.56. The van der Waals surface area contributed by atoms with Crippen molar-refractivity contribution in [2.45, 2.75) is 19.9 Å². The number of thiazole rings is 1. The van der Waals surface area contributed by atoms with Crippen LogP contribution >= 0.6 is 11.3 Å². The molecular weight excluding hydrogens is 308 g/mol. The van der Waals surface area contributed by atoms with E-state index in [1.54, 1.807) is 11.3 Å². The first-order valence-corrected chi connectivity index (χ1v) is 8.41. The molecule has 4 aromatic rings. The standard InChI is InChI=1S/C17H16N4OS/c1-2-20-6-5-12-9-13(3-4-15(12)20)18-16(22)10-14-11-21-7-8-23-17(21)19-14/h3-9,11H,2,10H2,1H3,(H,18,22). The van der Waals surface area contributed by atoms with Gasteiger partial charge in [0.05, 0.1) is 12.1 Å². The summed E-state index contributed by atoms with van der Waals surface area (Å²) in [6.07, 6.45) is 6.19. The monoisotopic (exact) mass is 324 g/mol. The van der Waals surface area contributed by atoms with E-state index in [2.05, 4.69) is 34.1 Å². The van der Waals surface area contributed by atoms with Crippen molar-refractivity contribution < 1.29 is 4.79 Å². The Bertz CT molecular complexity index is 966. The number of fused-ring (bicyclic) bond motifs is 2. The van der Waals surface area contributed by atoms with Crippen molar-refractivity contribution in [3.05, 3.63) is 53.9 Å². The normalized spacial score (nSPS) is 11.3. The van der Waals surface area contributed by atoms with Gasteiger partial charge in [0.1, 0.15) is 0 Å². The molecular formula is C17H16N4OS. The Kier molecular flexibility index (Phi) is 3.38. The number of rotatable bonds is 4. The molecule has 0 saturated heterocycles. The number of anilines is 1. The molecule has 0 saturated carbocycles. The molecule has 3 aromatic heterocycles. The van der Waals surface area contributed by atoms with Gasteiger partial charge in [0.2, 0.25) is 5.91 Å². The van der Waals surface area contributed by atoms with Crippen LogP contribution in [0.15, 0.2) is 48.2 Å². The first-order valence-electron chi connectivity index (χ1n) is 7.53. The highest BCUT2D eigenvalue weighted by Crippen LogP contribution is 2.21. The largest absolute Gasteiger partial charge is 0.348 e. The first-order chi connectivity index (χ1) is 11.2. The van der Waals surface area contributed by atoms with E-state index >= 15 is 0 Å². The van der Waals surface area contributed by atoms with Gasteiger partial charge in [-0.3, -0.25) is 9.20 Å². The topological polar surface area (TPSA) is 51.3 Å². The summed E-state index contributed by atoms with van der Waals surface area (Å²) in [6.45, 7) is 3.05. The molecule has 5 nitrogen and oxygen atoms in total. The van der Waals surface area contributed by atoms with Crippen molar-refractivity contribution in [1.29, 1.82) is 0 Å². The molecule has 0 bridgehead atoms. The zero-order valence-corrected chi connectivity index (χ0v) is 13.5. The molecule has 6 heteroatoms. The number of aromatic nitrogens is 3. The van der Waals surface area contributed by atoms with Gasteiger partial charge in [-0.05, 0) is 31.2 Å². The van der Waals surface area contributed by atoms with Crippen molar-refractivity contribution >= 4 is 38.8 Å². The maximum Gasteiger partial charge on any atom is 0.230 e. The molecule has 0 unspecified atom stereocenters. The summed E-state index contributed by atoms with van der Waals surface area (Å²) < 4.78 is 4.12. The average molecular weight is 324 g/mol. The van der Waals surface area contributed by atoms with Crippen molar-refractivity contribution in [3.63, 3.8) is 0 Å². The van der Waals surface area contributed by atoms with Crippen LogP contribution in [-0.4, -0.2) is 19.9 Å². The Labute approximate surface area is 137 Å². The fraction of sp³-hybridized carbons (Fsp3) is 0.176. The Balaban J connectivity index is 1.50. The minimum atomic E-state index is -0.0509. The van der Waals surface area contributed by atoms with Gasteiger partial charge in [-0.1, -0.05) is 0 Å². The fourth-order valence-corrected chi connectivity index (χ4v) is 3.50. The number of hydrogen-bond acceptors (Lipinski definition) is 3. The van der Waals surface area contributed by atoms with Gasteiger partial charge in [-0.25, -0.2) is 4.98 Å². The van der Waals surface area contributed by atoms with Crippen LogP contribution in [0.3, 0.4) is 0 Å². The molecule has 1 aromatic carbocycles. The van der Waals surface area contributed by atoms with E-state index < -0.39 is 0 Å². The van der Waals surface area contributed by atoms with Crippen LogP contribution in [0.1, 0.15) is 12.6 Å². The number of amides is 1. The summed E-state index contributed by atoms with van der Waals surface area (Å²) in [7, 11) is 0. The average Bonchev–Trinajstić information content (AvgIpc) is 3.20. The predicted octanol–water partition coefficient (Wildman–Crippen LogP) is 3.55. The van der Waals surface area contributed by atoms with Crippen molar-refractivity contribution in [2.75, 3.05) is 5.32 Å². The van der Waals surface area contributed by atoms with E-state index in [9.17, 15) is 4.79 Å². The van der Waals surface area contributed by atoms with E-state index in [0.29, 0.717) is 0 Å². The number of imidazole rings is 1. The second kappa shape index (κ2) is 5.55. The van der Waals surface area contributed by atoms with Crippen LogP contribution in [0.4, 0.5) is 5.69 Å². The lowest BCUT2D eigenvalue weighted by molar-refractivity contribution is -0.115. The summed E-state index contributed by atoms with van der Waals surface area (Å²) in [5.41, 5.74) is 2.78. The molecule has 1 N–H and O–H groups in total. The predicted molar refractivity (Wildman–Crippen MR) is 93.0 cm³/mol. The molecule has 3 heterocycles. The highest BCUT2D eigenvalue weighted by molar-refractivity contribution is 7.15. The van der Waals surface area contributed by atoms with Crippen LogP contribution in [0, 0.1) is 0 Å². The summed E-state index contributed by atoms with van der Waals surface area (Å²) in [4.78, 5) is 17.6. The number of carbonyl (C=O) groups is 1. The number of nitrogens with one attached hydrogen (secondary N) is 1. The third-order valence-corrected chi connectivity index (χ3v) is 4.65. The van der Waals surface area contributed by atoms with E-state index in [1.165, 1.54) is 5.52 Å². The van der Waals surface area contributed by atoms with Gasteiger partial charge < -0.3 is 9.88 Å². The van der Waals surface area contributed by atoms with Gasteiger partial charge in [0.25, 0.3) is 0 Å². The van der Waals surface area contributed by atoms with Crippen molar-refractivity contribution in [2.24, 2.45) is 0 Å². The summed E-state index contributed by atoms with van der Waals surface area (Å²) in [6, 6.07) is 8.06. The summed E-state index contributed by atoms with van der Waals surface area (Å²) in [5.74, 6) is -0.0509. The molecule has 0 spiro atoms. The third kappa shape index (κ3) is 2.61. The molecule has 23 heavy (non-hydrogen) atoms. The lowest BCUT2D eigenvalue weighted by atomic mass is 10.2. The van der Waals surface area contributed by atoms with Gasteiger partial charge >= 0.3 is 0 Å². The van der Waals surface area contributed by atoms with E-state index in [0.717, 1.165) is 28.3 Å². The van der Waals surface area contributed by atoms with Gasteiger partial charge in [0.15, 0.2) is 4.96 Å². The molecule has 0 atom stereocenters. The van der Waals surface area contributed by atoms with Gasteiger partial charge in [0, 0.05) is 47.1 Å². The number of hydrogen-bond donors (Lipinski definition) is 1. The van der Waals surface area contributed by atoms with Crippen LogP contribution < -0.4 is 5.32 Å². The van der Waals surface area contributed by atoms with Crippen LogP contribution in [0.2, 0.25) is 0 Å². The maximum atomic E-state index is 12.2. The zero-order chi connectivity index (χ0) is 15.8. The second-order valence-corrected chi connectivity index (χ2v) is 6.30. The number of aryl methyl sites for hydroxylation is 1. The van der Waals surface area contributed by atoms with Gasteiger partial charge in [-0.2, -0.15) is 0 Å².